The molecule has 3 nitrogen and oxygen atoms in total. The highest BCUT2D eigenvalue weighted by molar-refractivity contribution is 9.10. The van der Waals surface area contributed by atoms with E-state index in [4.69, 9.17) is 5.73 Å². The Bertz CT molecular complexity index is 465. The second kappa shape index (κ2) is 7.74. The van der Waals surface area contributed by atoms with Crippen LogP contribution < -0.4 is 5.73 Å². The number of nitrogens with zero attached hydrogens (tertiary/aromatic N) is 1. The minimum absolute atomic E-state index is 0.0134. The molecule has 2 N–H and O–H groups in total. The summed E-state index contributed by atoms with van der Waals surface area (Å²) in [5.74, 6) is 0.100. The van der Waals surface area contributed by atoms with Gasteiger partial charge in [-0.2, -0.15) is 0 Å². The summed E-state index contributed by atoms with van der Waals surface area (Å²) in [5, 5.41) is 0. The van der Waals surface area contributed by atoms with E-state index in [0.717, 1.165) is 12.0 Å². The van der Waals surface area contributed by atoms with Gasteiger partial charge in [-0.3, -0.25) is 4.79 Å². The van der Waals surface area contributed by atoms with Gasteiger partial charge in [-0.05, 0) is 46.0 Å². The first-order valence-electron chi connectivity index (χ1n) is 6.74. The standard InChI is InChI=1S/C15H22BrFN2O/c1-10(2)14(18)6-7-19(3)15(20)9-11-4-5-13(17)12(16)8-11/h4-5,8,10,14H,6-7,9,18H2,1-3H3. The zero-order valence-electron chi connectivity index (χ0n) is 12.2. The van der Waals surface area contributed by atoms with Crippen LogP contribution in [-0.4, -0.2) is 30.4 Å². The van der Waals surface area contributed by atoms with Gasteiger partial charge in [-0.15, -0.1) is 0 Å². The second-order valence-corrected chi connectivity index (χ2v) is 6.29. The molecule has 20 heavy (non-hydrogen) atoms. The monoisotopic (exact) mass is 344 g/mol. The molecule has 0 radical (unpaired) electrons. The van der Waals surface area contributed by atoms with Gasteiger partial charge < -0.3 is 10.6 Å². The van der Waals surface area contributed by atoms with Crippen LogP contribution >= 0.6 is 15.9 Å². The van der Waals surface area contributed by atoms with Gasteiger partial charge in [0, 0.05) is 19.6 Å². The van der Waals surface area contributed by atoms with Crippen molar-refractivity contribution in [3.8, 4) is 0 Å². The average Bonchev–Trinajstić information content (AvgIpc) is 2.39. The molecule has 0 aromatic heterocycles. The molecule has 1 unspecified atom stereocenters. The molecule has 0 aliphatic rings. The van der Waals surface area contributed by atoms with E-state index in [1.54, 1.807) is 24.1 Å². The Morgan fingerprint density at radius 3 is 2.65 bits per heavy atom. The SMILES string of the molecule is CC(C)C(N)CCN(C)C(=O)Cc1ccc(F)c(Br)c1. The van der Waals surface area contributed by atoms with Crippen molar-refractivity contribution in [2.24, 2.45) is 11.7 Å². The first kappa shape index (κ1) is 17.1. The summed E-state index contributed by atoms with van der Waals surface area (Å²) < 4.78 is 13.5. The fraction of sp³-hybridized carbons (Fsp3) is 0.533. The van der Waals surface area contributed by atoms with Crippen LogP contribution in [0.1, 0.15) is 25.8 Å². The molecule has 0 saturated heterocycles. The summed E-state index contributed by atoms with van der Waals surface area (Å²) in [5.41, 5.74) is 6.76. The van der Waals surface area contributed by atoms with Gasteiger partial charge >= 0.3 is 0 Å². The third-order valence-corrected chi connectivity index (χ3v) is 4.03. The number of rotatable bonds is 6. The van der Waals surface area contributed by atoms with Crippen molar-refractivity contribution in [2.45, 2.75) is 32.7 Å². The molecule has 1 amide bonds. The third kappa shape index (κ3) is 5.21. The van der Waals surface area contributed by atoms with Gasteiger partial charge in [0.25, 0.3) is 0 Å². The zero-order valence-corrected chi connectivity index (χ0v) is 13.8. The Morgan fingerprint density at radius 2 is 2.10 bits per heavy atom. The summed E-state index contributed by atoms with van der Waals surface area (Å²) in [6, 6.07) is 4.73. The van der Waals surface area contributed by atoms with Crippen molar-refractivity contribution < 1.29 is 9.18 Å². The number of benzene rings is 1. The highest BCUT2D eigenvalue weighted by Crippen LogP contribution is 2.17. The predicted molar refractivity (Wildman–Crippen MR) is 82.9 cm³/mol. The Balaban J connectivity index is 2.51. The van der Waals surface area contributed by atoms with Crippen LogP contribution in [0.4, 0.5) is 4.39 Å². The van der Waals surface area contributed by atoms with Crippen LogP contribution in [0, 0.1) is 11.7 Å². The molecular weight excluding hydrogens is 323 g/mol. The largest absolute Gasteiger partial charge is 0.345 e. The topological polar surface area (TPSA) is 46.3 Å². The van der Waals surface area contributed by atoms with Crippen LogP contribution in [0.25, 0.3) is 0 Å². The van der Waals surface area contributed by atoms with Crippen molar-refractivity contribution in [1.82, 2.24) is 4.90 Å². The van der Waals surface area contributed by atoms with Gasteiger partial charge in [0.1, 0.15) is 5.82 Å². The molecule has 1 aromatic rings. The molecular formula is C15H22BrFN2O. The van der Waals surface area contributed by atoms with Gasteiger partial charge in [0.2, 0.25) is 5.91 Å². The fourth-order valence-electron chi connectivity index (χ4n) is 1.76. The minimum atomic E-state index is -0.322. The Hall–Kier alpha value is -0.940. The van der Waals surface area contributed by atoms with E-state index in [0.29, 0.717) is 16.9 Å². The molecule has 0 spiro atoms. The number of hydrogen-bond acceptors (Lipinski definition) is 2. The first-order chi connectivity index (χ1) is 9.31. The average molecular weight is 345 g/mol. The molecule has 5 heteroatoms. The predicted octanol–water partition coefficient (Wildman–Crippen LogP) is 2.96. The highest BCUT2D eigenvalue weighted by atomic mass is 79.9. The molecule has 0 bridgehead atoms. The number of amides is 1. The number of likely N-dealkylation sites (N-methyl/N-ethyl adjacent to an activating group) is 1. The van der Waals surface area contributed by atoms with Gasteiger partial charge in [-0.25, -0.2) is 4.39 Å². The lowest BCUT2D eigenvalue weighted by molar-refractivity contribution is -0.129. The van der Waals surface area contributed by atoms with E-state index in [1.807, 2.05) is 0 Å². The quantitative estimate of drug-likeness (QED) is 0.862. The summed E-state index contributed by atoms with van der Waals surface area (Å²) in [7, 11) is 1.77. The van der Waals surface area contributed by atoms with E-state index in [2.05, 4.69) is 29.8 Å². The van der Waals surface area contributed by atoms with Crippen LogP contribution in [0.2, 0.25) is 0 Å². The molecule has 0 fully saturated rings. The number of halogens is 2. The maximum Gasteiger partial charge on any atom is 0.226 e. The Labute approximate surface area is 128 Å². The second-order valence-electron chi connectivity index (χ2n) is 5.44. The molecule has 112 valence electrons. The number of nitrogens with two attached hydrogens (primary N) is 1. The molecule has 0 aliphatic carbocycles. The third-order valence-electron chi connectivity index (χ3n) is 3.42. The summed E-state index contributed by atoms with van der Waals surface area (Å²) in [4.78, 5) is 13.7. The number of carbonyl (C=O) groups is 1. The van der Waals surface area contributed by atoms with Gasteiger partial charge in [0.15, 0.2) is 0 Å². The van der Waals surface area contributed by atoms with Crippen LogP contribution in [0.5, 0.6) is 0 Å². The van der Waals surface area contributed by atoms with Crippen molar-refractivity contribution >= 4 is 21.8 Å². The fourth-order valence-corrected chi connectivity index (χ4v) is 2.19. The number of carbonyl (C=O) groups excluding carboxylic acids is 1. The minimum Gasteiger partial charge on any atom is -0.345 e. The van der Waals surface area contributed by atoms with E-state index in [1.165, 1.54) is 6.07 Å². The maximum atomic E-state index is 13.1. The van der Waals surface area contributed by atoms with Crippen molar-refractivity contribution in [3.05, 3.63) is 34.1 Å². The van der Waals surface area contributed by atoms with E-state index >= 15 is 0 Å². The van der Waals surface area contributed by atoms with Crippen LogP contribution in [0.3, 0.4) is 0 Å². The van der Waals surface area contributed by atoms with E-state index in [-0.39, 0.29) is 24.2 Å². The zero-order chi connectivity index (χ0) is 15.3. The van der Waals surface area contributed by atoms with Crippen LogP contribution in [0.15, 0.2) is 22.7 Å². The Morgan fingerprint density at radius 1 is 1.45 bits per heavy atom. The van der Waals surface area contributed by atoms with E-state index in [9.17, 15) is 9.18 Å². The normalized spacial score (nSPS) is 12.6. The summed E-state index contributed by atoms with van der Waals surface area (Å²) in [6.07, 6.45) is 1.05. The lowest BCUT2D eigenvalue weighted by Crippen LogP contribution is -2.35. The van der Waals surface area contributed by atoms with E-state index < -0.39 is 0 Å². The molecule has 1 atom stereocenters. The molecule has 1 rings (SSSR count). The van der Waals surface area contributed by atoms with Crippen molar-refractivity contribution in [2.75, 3.05) is 13.6 Å². The lowest BCUT2D eigenvalue weighted by atomic mass is 10.0. The van der Waals surface area contributed by atoms with Gasteiger partial charge in [-0.1, -0.05) is 19.9 Å². The van der Waals surface area contributed by atoms with Crippen molar-refractivity contribution in [3.63, 3.8) is 0 Å². The molecule has 0 saturated carbocycles. The smallest absolute Gasteiger partial charge is 0.226 e. The Kier molecular flexibility index (Phi) is 6.62. The summed E-state index contributed by atoms with van der Waals surface area (Å²) in [6.45, 7) is 4.78. The molecule has 1 aromatic carbocycles. The first-order valence-corrected chi connectivity index (χ1v) is 7.54. The van der Waals surface area contributed by atoms with Gasteiger partial charge in [0.05, 0.1) is 10.9 Å². The number of hydrogen-bond donors (Lipinski definition) is 1. The molecule has 0 heterocycles. The highest BCUT2D eigenvalue weighted by Gasteiger charge is 2.13. The maximum absolute atomic E-state index is 13.1. The van der Waals surface area contributed by atoms with Crippen molar-refractivity contribution in [1.29, 1.82) is 0 Å². The lowest BCUT2D eigenvalue weighted by Gasteiger charge is -2.21. The van der Waals surface area contributed by atoms with Crippen LogP contribution in [-0.2, 0) is 11.2 Å². The summed E-state index contributed by atoms with van der Waals surface area (Å²) >= 11 is 3.12. The molecule has 0 aliphatic heterocycles.